The molecule has 1 aliphatic heterocycles. The molecule has 0 radical (unpaired) electrons. The second-order valence-electron chi connectivity index (χ2n) is 6.06. The molecule has 0 bridgehead atoms. The third-order valence-electron chi connectivity index (χ3n) is 3.67. The van der Waals surface area contributed by atoms with Crippen molar-refractivity contribution in [1.29, 1.82) is 0 Å². The second kappa shape index (κ2) is 34.9. The number of hydrogen-bond acceptors (Lipinski definition) is 8. The molecule has 3 unspecified atom stereocenters. The van der Waals surface area contributed by atoms with Crippen LogP contribution in [-0.2, 0) is 9.53 Å². The maximum atomic E-state index is 9.77. The van der Waals surface area contributed by atoms with Gasteiger partial charge >= 0.3 is 0 Å². The summed E-state index contributed by atoms with van der Waals surface area (Å²) < 4.78 is 4.95. The number of aliphatic hydroxyl groups excluding tert-OH is 5. The standard InChI is InChI=1S/C7H14O.C6H12O4.C5H13NO.C2H6.CH4O/c1-2-3-4-5-6-7-8;7-2-4-1-5(8)6(9)3-10-4;1-6-4-2-3-5-7;2*1-2/h7H,2-6H2,1H3;4-9H,1-3H2;6-7H,2-5H2,1H3;1-2H3;2H,1H3. The Hall–Kier alpha value is -0.610. The van der Waals surface area contributed by atoms with Crippen LogP contribution < -0.4 is 5.32 Å². The van der Waals surface area contributed by atoms with Crippen LogP contribution in [0.1, 0.15) is 72.1 Å². The van der Waals surface area contributed by atoms with E-state index in [0.717, 1.165) is 45.6 Å². The van der Waals surface area contributed by atoms with Gasteiger partial charge in [0.2, 0.25) is 0 Å². The van der Waals surface area contributed by atoms with Crippen LogP contribution in [0.4, 0.5) is 0 Å². The summed E-state index contributed by atoms with van der Waals surface area (Å²) in [5, 5.41) is 44.8. The van der Waals surface area contributed by atoms with E-state index in [1.54, 1.807) is 0 Å². The minimum absolute atomic E-state index is 0.0935. The summed E-state index contributed by atoms with van der Waals surface area (Å²) >= 11 is 0. The maximum Gasteiger partial charge on any atom is 0.119 e. The van der Waals surface area contributed by atoms with Crippen molar-refractivity contribution in [1.82, 2.24) is 5.32 Å². The van der Waals surface area contributed by atoms with Gasteiger partial charge in [-0.25, -0.2) is 0 Å². The molecule has 0 aromatic heterocycles. The highest BCUT2D eigenvalue weighted by atomic mass is 16.5. The smallest absolute Gasteiger partial charge is 0.119 e. The lowest BCUT2D eigenvalue weighted by Gasteiger charge is -2.29. The van der Waals surface area contributed by atoms with E-state index in [1.807, 2.05) is 20.9 Å². The van der Waals surface area contributed by atoms with Gasteiger partial charge in [-0.1, -0.05) is 40.0 Å². The van der Waals surface area contributed by atoms with E-state index >= 15 is 0 Å². The van der Waals surface area contributed by atoms with E-state index in [-0.39, 0.29) is 19.3 Å². The summed E-state index contributed by atoms with van der Waals surface area (Å²) in [6.07, 6.45) is 7.03. The van der Waals surface area contributed by atoms with Crippen molar-refractivity contribution in [2.24, 2.45) is 0 Å². The number of carbonyl (C=O) groups is 1. The van der Waals surface area contributed by atoms with Gasteiger partial charge in [0.15, 0.2) is 0 Å². The van der Waals surface area contributed by atoms with Crippen molar-refractivity contribution in [3.63, 3.8) is 0 Å². The Morgan fingerprint density at radius 1 is 1.00 bits per heavy atom. The van der Waals surface area contributed by atoms with Crippen LogP contribution >= 0.6 is 0 Å². The molecule has 29 heavy (non-hydrogen) atoms. The molecule has 0 aromatic carbocycles. The normalized spacial score (nSPS) is 19.6. The lowest BCUT2D eigenvalue weighted by Crippen LogP contribution is -2.42. The van der Waals surface area contributed by atoms with Crippen molar-refractivity contribution in [3.05, 3.63) is 0 Å². The predicted molar refractivity (Wildman–Crippen MR) is 118 cm³/mol. The molecular weight excluding hydrogens is 378 g/mol. The molecule has 1 aliphatic rings. The number of carbonyl (C=O) groups excluding carboxylic acids is 1. The number of aldehydes is 1. The Bertz CT molecular complexity index is 267. The van der Waals surface area contributed by atoms with Crippen molar-refractivity contribution in [3.8, 4) is 0 Å². The van der Waals surface area contributed by atoms with E-state index in [0.29, 0.717) is 13.0 Å². The van der Waals surface area contributed by atoms with E-state index in [1.165, 1.54) is 19.3 Å². The van der Waals surface area contributed by atoms with Crippen LogP contribution in [0.2, 0.25) is 0 Å². The molecule has 1 saturated heterocycles. The molecular formula is C21H49NO7. The number of nitrogens with one attached hydrogen (secondary N) is 1. The number of ether oxygens (including phenoxy) is 1. The SMILES string of the molecule is CC.CCCCCCC=O.CNCCCCO.CO.OCC1CC(O)C(O)CO1. The fourth-order valence-electron chi connectivity index (χ4n) is 2.04. The van der Waals surface area contributed by atoms with Crippen molar-refractivity contribution >= 4 is 6.29 Å². The zero-order chi connectivity index (χ0) is 23.3. The van der Waals surface area contributed by atoms with Gasteiger partial charge in [0.1, 0.15) is 12.4 Å². The van der Waals surface area contributed by atoms with Gasteiger partial charge in [0.05, 0.1) is 25.4 Å². The van der Waals surface area contributed by atoms with Crippen LogP contribution in [-0.4, -0.2) is 90.7 Å². The number of unbranched alkanes of at least 4 members (excludes halogenated alkanes) is 5. The summed E-state index contributed by atoms with van der Waals surface area (Å²) in [5.41, 5.74) is 0. The zero-order valence-electron chi connectivity index (χ0n) is 19.3. The molecule has 0 saturated carbocycles. The van der Waals surface area contributed by atoms with E-state index < -0.39 is 12.2 Å². The predicted octanol–water partition coefficient (Wildman–Crippen LogP) is 1.26. The highest BCUT2D eigenvalue weighted by Crippen LogP contribution is 2.13. The highest BCUT2D eigenvalue weighted by Gasteiger charge is 2.27. The maximum absolute atomic E-state index is 9.77. The van der Waals surface area contributed by atoms with Gasteiger partial charge in [-0.3, -0.25) is 0 Å². The number of aliphatic hydroxyl groups is 5. The topological polar surface area (TPSA) is 139 Å². The fraction of sp³-hybridized carbons (Fsp3) is 0.952. The molecule has 0 aliphatic carbocycles. The third-order valence-corrected chi connectivity index (χ3v) is 3.67. The Kier molecular flexibility index (Phi) is 43.0. The minimum atomic E-state index is -0.789. The van der Waals surface area contributed by atoms with E-state index in [9.17, 15) is 4.79 Å². The molecule has 0 aromatic rings. The summed E-state index contributed by atoms with van der Waals surface area (Å²) in [6.45, 7) is 7.53. The molecule has 0 amide bonds. The van der Waals surface area contributed by atoms with Crippen LogP contribution in [0, 0.1) is 0 Å². The van der Waals surface area contributed by atoms with E-state index in [2.05, 4.69) is 12.2 Å². The third kappa shape index (κ3) is 32.3. The van der Waals surface area contributed by atoms with Crippen LogP contribution in [0.3, 0.4) is 0 Å². The number of hydrogen-bond donors (Lipinski definition) is 6. The highest BCUT2D eigenvalue weighted by molar-refractivity contribution is 5.48. The largest absolute Gasteiger partial charge is 0.400 e. The van der Waals surface area contributed by atoms with Gasteiger partial charge in [0.25, 0.3) is 0 Å². The molecule has 3 atom stereocenters. The Morgan fingerprint density at radius 2 is 1.62 bits per heavy atom. The molecule has 1 rings (SSSR count). The fourth-order valence-corrected chi connectivity index (χ4v) is 2.04. The van der Waals surface area contributed by atoms with Crippen LogP contribution in [0.15, 0.2) is 0 Å². The van der Waals surface area contributed by atoms with Crippen LogP contribution in [0.25, 0.3) is 0 Å². The van der Waals surface area contributed by atoms with Gasteiger partial charge in [-0.05, 0) is 32.9 Å². The lowest BCUT2D eigenvalue weighted by atomic mass is 10.0. The van der Waals surface area contributed by atoms with Crippen molar-refractivity contribution < 1.29 is 35.1 Å². The van der Waals surface area contributed by atoms with Gasteiger partial charge in [0, 0.05) is 26.6 Å². The first-order valence-corrected chi connectivity index (χ1v) is 10.8. The van der Waals surface area contributed by atoms with Crippen molar-refractivity contribution in [2.45, 2.75) is 90.4 Å². The first-order valence-electron chi connectivity index (χ1n) is 10.8. The summed E-state index contributed by atoms with van der Waals surface area (Å²) in [7, 11) is 2.91. The minimum Gasteiger partial charge on any atom is -0.400 e. The van der Waals surface area contributed by atoms with Crippen LogP contribution in [0.5, 0.6) is 0 Å². The Morgan fingerprint density at radius 3 is 2.03 bits per heavy atom. The van der Waals surface area contributed by atoms with Gasteiger partial charge in [-0.2, -0.15) is 0 Å². The monoisotopic (exact) mass is 427 g/mol. The molecule has 0 spiro atoms. The zero-order valence-corrected chi connectivity index (χ0v) is 19.3. The Balaban J connectivity index is -0.000000151. The first kappa shape index (κ1) is 35.8. The van der Waals surface area contributed by atoms with Gasteiger partial charge in [-0.15, -0.1) is 0 Å². The molecule has 8 nitrogen and oxygen atoms in total. The van der Waals surface area contributed by atoms with E-state index in [4.69, 9.17) is 30.3 Å². The summed E-state index contributed by atoms with van der Waals surface area (Å²) in [6, 6.07) is 0. The van der Waals surface area contributed by atoms with Crippen molar-refractivity contribution in [2.75, 3.05) is 40.5 Å². The molecule has 1 heterocycles. The summed E-state index contributed by atoms with van der Waals surface area (Å²) in [5.74, 6) is 0. The second-order valence-corrected chi connectivity index (χ2v) is 6.06. The quantitative estimate of drug-likeness (QED) is 0.226. The molecule has 8 heteroatoms. The first-order chi connectivity index (χ1) is 14.1. The number of rotatable bonds is 10. The molecule has 1 fully saturated rings. The molecule has 180 valence electrons. The average Bonchev–Trinajstić information content (AvgIpc) is 2.77. The van der Waals surface area contributed by atoms with Gasteiger partial charge < -0.3 is 40.4 Å². The summed E-state index contributed by atoms with van der Waals surface area (Å²) in [4.78, 5) is 9.77. The Labute approximate surface area is 178 Å². The average molecular weight is 428 g/mol. The molecule has 6 N–H and O–H groups in total. The lowest BCUT2D eigenvalue weighted by molar-refractivity contribution is -0.131.